The Bertz CT molecular complexity index is 354. The average Bonchev–Trinajstić information content (AvgIpc) is 2.28. The van der Waals surface area contributed by atoms with Crippen molar-refractivity contribution in [2.75, 3.05) is 0 Å². The predicted molar refractivity (Wildman–Crippen MR) is 78.1 cm³/mol. The van der Waals surface area contributed by atoms with Crippen molar-refractivity contribution in [2.45, 2.75) is 65.2 Å². The van der Waals surface area contributed by atoms with E-state index in [1.165, 1.54) is 11.1 Å². The lowest BCUT2D eigenvalue weighted by Gasteiger charge is -2.29. The molecule has 1 aromatic rings. The van der Waals surface area contributed by atoms with Gasteiger partial charge in [-0.25, -0.2) is 0 Å². The molecule has 0 amide bonds. The van der Waals surface area contributed by atoms with Crippen LogP contribution in [0.25, 0.3) is 0 Å². The van der Waals surface area contributed by atoms with Crippen molar-refractivity contribution >= 4 is 11.6 Å². The molecular formula is C16H25Cl. The molecule has 0 heterocycles. The summed E-state index contributed by atoms with van der Waals surface area (Å²) < 4.78 is 0. The zero-order valence-corrected chi connectivity index (χ0v) is 12.8. The highest BCUT2D eigenvalue weighted by Crippen LogP contribution is 2.35. The molecule has 1 rings (SSSR count). The summed E-state index contributed by atoms with van der Waals surface area (Å²) in [4.78, 5) is 0. The van der Waals surface area contributed by atoms with E-state index in [2.05, 4.69) is 59.7 Å². The second kappa shape index (κ2) is 5.02. The number of hydrogen-bond donors (Lipinski definition) is 0. The van der Waals surface area contributed by atoms with Gasteiger partial charge in [-0.05, 0) is 46.9 Å². The first-order valence-corrected chi connectivity index (χ1v) is 6.92. The Kier molecular flexibility index (Phi) is 4.30. The maximum atomic E-state index is 6.28. The number of hydrogen-bond acceptors (Lipinski definition) is 0. The van der Waals surface area contributed by atoms with E-state index in [9.17, 15) is 0 Å². The van der Waals surface area contributed by atoms with Crippen LogP contribution in [0.4, 0.5) is 0 Å². The molecule has 0 nitrogen and oxygen atoms in total. The van der Waals surface area contributed by atoms with Gasteiger partial charge < -0.3 is 0 Å². The standard InChI is InChI=1S/C16H25Cl/c1-7-15(3,4)12-9-13(11-14(17)10-12)16(5,6)8-2/h9-11H,7-8H2,1-6H3. The highest BCUT2D eigenvalue weighted by Gasteiger charge is 2.23. The zero-order chi connectivity index (χ0) is 13.3. The van der Waals surface area contributed by atoms with Crippen LogP contribution in [0, 0.1) is 0 Å². The van der Waals surface area contributed by atoms with Crippen LogP contribution >= 0.6 is 11.6 Å². The van der Waals surface area contributed by atoms with Crippen molar-refractivity contribution in [1.29, 1.82) is 0 Å². The van der Waals surface area contributed by atoms with Gasteiger partial charge in [-0.2, -0.15) is 0 Å². The lowest BCUT2D eigenvalue weighted by atomic mass is 9.77. The third-order valence-corrected chi connectivity index (χ3v) is 4.45. The Morgan fingerprint density at radius 2 is 1.18 bits per heavy atom. The summed E-state index contributed by atoms with van der Waals surface area (Å²) in [7, 11) is 0. The van der Waals surface area contributed by atoms with Crippen molar-refractivity contribution in [3.05, 3.63) is 34.3 Å². The molecule has 0 aliphatic carbocycles. The lowest BCUT2D eigenvalue weighted by molar-refractivity contribution is 0.489. The maximum absolute atomic E-state index is 6.28. The third kappa shape index (κ3) is 3.25. The van der Waals surface area contributed by atoms with E-state index >= 15 is 0 Å². The number of halogens is 1. The van der Waals surface area contributed by atoms with Gasteiger partial charge in [-0.1, -0.05) is 59.2 Å². The van der Waals surface area contributed by atoms with Crippen LogP contribution in [-0.4, -0.2) is 0 Å². The van der Waals surface area contributed by atoms with Crippen LogP contribution < -0.4 is 0 Å². The summed E-state index contributed by atoms with van der Waals surface area (Å²) in [6.45, 7) is 13.6. The van der Waals surface area contributed by atoms with Crippen molar-refractivity contribution in [3.63, 3.8) is 0 Å². The Morgan fingerprint density at radius 3 is 1.47 bits per heavy atom. The molecule has 1 aromatic carbocycles. The first-order chi connectivity index (χ1) is 7.73. The lowest BCUT2D eigenvalue weighted by Crippen LogP contribution is -2.20. The van der Waals surface area contributed by atoms with Gasteiger partial charge in [-0.15, -0.1) is 0 Å². The van der Waals surface area contributed by atoms with E-state index < -0.39 is 0 Å². The largest absolute Gasteiger partial charge is 0.0843 e. The summed E-state index contributed by atoms with van der Waals surface area (Å²) in [5, 5.41) is 0.862. The SMILES string of the molecule is CCC(C)(C)c1cc(Cl)cc(C(C)(C)CC)c1. The number of rotatable bonds is 4. The molecular weight excluding hydrogens is 228 g/mol. The molecule has 0 bridgehead atoms. The second-order valence-corrected chi connectivity index (χ2v) is 6.64. The van der Waals surface area contributed by atoms with E-state index in [1.54, 1.807) is 0 Å². The van der Waals surface area contributed by atoms with E-state index in [-0.39, 0.29) is 10.8 Å². The molecule has 0 aliphatic heterocycles. The van der Waals surface area contributed by atoms with Crippen molar-refractivity contribution in [1.82, 2.24) is 0 Å². The van der Waals surface area contributed by atoms with Gasteiger partial charge in [0.05, 0.1) is 0 Å². The van der Waals surface area contributed by atoms with Crippen LogP contribution in [-0.2, 0) is 10.8 Å². The Balaban J connectivity index is 3.29. The third-order valence-electron chi connectivity index (χ3n) is 4.23. The van der Waals surface area contributed by atoms with Crippen molar-refractivity contribution in [3.8, 4) is 0 Å². The van der Waals surface area contributed by atoms with Gasteiger partial charge >= 0.3 is 0 Å². The molecule has 96 valence electrons. The molecule has 0 saturated heterocycles. The summed E-state index contributed by atoms with van der Waals surface area (Å²) >= 11 is 6.28. The molecule has 0 radical (unpaired) electrons. The minimum absolute atomic E-state index is 0.198. The normalized spacial score (nSPS) is 12.9. The predicted octanol–water partition coefficient (Wildman–Crippen LogP) is 5.72. The Morgan fingerprint density at radius 1 is 0.824 bits per heavy atom. The zero-order valence-electron chi connectivity index (χ0n) is 12.0. The first kappa shape index (κ1) is 14.6. The fraction of sp³-hybridized carbons (Fsp3) is 0.625. The quantitative estimate of drug-likeness (QED) is 0.643. The summed E-state index contributed by atoms with van der Waals surface area (Å²) in [5.41, 5.74) is 3.10. The first-order valence-electron chi connectivity index (χ1n) is 6.54. The maximum Gasteiger partial charge on any atom is 0.0411 e. The van der Waals surface area contributed by atoms with Gasteiger partial charge in [0, 0.05) is 5.02 Å². The molecule has 0 N–H and O–H groups in total. The van der Waals surface area contributed by atoms with E-state index in [0.29, 0.717) is 0 Å². The molecule has 17 heavy (non-hydrogen) atoms. The molecule has 0 saturated carbocycles. The molecule has 1 heteroatoms. The van der Waals surface area contributed by atoms with Crippen LogP contribution in [0.1, 0.15) is 65.5 Å². The van der Waals surface area contributed by atoms with Crippen LogP contribution in [0.2, 0.25) is 5.02 Å². The van der Waals surface area contributed by atoms with Gasteiger partial charge in [0.1, 0.15) is 0 Å². The summed E-state index contributed by atoms with van der Waals surface area (Å²) in [6.07, 6.45) is 2.25. The second-order valence-electron chi connectivity index (χ2n) is 6.20. The average molecular weight is 253 g/mol. The highest BCUT2D eigenvalue weighted by molar-refractivity contribution is 6.30. The molecule has 0 fully saturated rings. The molecule has 0 atom stereocenters. The highest BCUT2D eigenvalue weighted by atomic mass is 35.5. The molecule has 0 unspecified atom stereocenters. The van der Waals surface area contributed by atoms with E-state index in [0.717, 1.165) is 17.9 Å². The Labute approximate surface area is 111 Å². The van der Waals surface area contributed by atoms with Crippen molar-refractivity contribution < 1.29 is 0 Å². The van der Waals surface area contributed by atoms with Crippen LogP contribution in [0.3, 0.4) is 0 Å². The minimum Gasteiger partial charge on any atom is -0.0843 e. The molecule has 0 spiro atoms. The molecule has 0 aliphatic rings. The topological polar surface area (TPSA) is 0 Å². The monoisotopic (exact) mass is 252 g/mol. The van der Waals surface area contributed by atoms with Crippen molar-refractivity contribution in [2.24, 2.45) is 0 Å². The van der Waals surface area contributed by atoms with E-state index in [4.69, 9.17) is 11.6 Å². The summed E-state index contributed by atoms with van der Waals surface area (Å²) in [6, 6.07) is 6.56. The molecule has 0 aromatic heterocycles. The van der Waals surface area contributed by atoms with E-state index in [1.807, 2.05) is 0 Å². The minimum atomic E-state index is 0.198. The summed E-state index contributed by atoms with van der Waals surface area (Å²) in [5.74, 6) is 0. The van der Waals surface area contributed by atoms with Gasteiger partial charge in [-0.3, -0.25) is 0 Å². The van der Waals surface area contributed by atoms with Gasteiger partial charge in [0.25, 0.3) is 0 Å². The fourth-order valence-electron chi connectivity index (χ4n) is 1.78. The van der Waals surface area contributed by atoms with Crippen LogP contribution in [0.5, 0.6) is 0 Å². The Hall–Kier alpha value is -0.490. The van der Waals surface area contributed by atoms with Crippen LogP contribution in [0.15, 0.2) is 18.2 Å². The number of benzene rings is 1. The van der Waals surface area contributed by atoms with Gasteiger partial charge in [0.15, 0.2) is 0 Å². The van der Waals surface area contributed by atoms with Gasteiger partial charge in [0.2, 0.25) is 0 Å². The smallest absolute Gasteiger partial charge is 0.0411 e. The fourth-order valence-corrected chi connectivity index (χ4v) is 2.01.